The molecular weight excluding hydrogens is 368 g/mol. The summed E-state index contributed by atoms with van der Waals surface area (Å²) in [6.45, 7) is 4.18. The lowest BCUT2D eigenvalue weighted by Crippen LogP contribution is -2.30. The maximum atomic E-state index is 12.6. The maximum absolute atomic E-state index is 12.6. The molecule has 0 saturated carbocycles. The van der Waals surface area contributed by atoms with Gasteiger partial charge in [-0.1, -0.05) is 29.5 Å². The van der Waals surface area contributed by atoms with Gasteiger partial charge in [-0.25, -0.2) is 9.67 Å². The summed E-state index contributed by atoms with van der Waals surface area (Å²) >= 11 is 0. The van der Waals surface area contributed by atoms with Crippen molar-refractivity contribution in [3.05, 3.63) is 65.6 Å². The Morgan fingerprint density at radius 3 is 2.72 bits per heavy atom. The molecule has 0 aliphatic carbocycles. The van der Waals surface area contributed by atoms with Crippen LogP contribution in [0.1, 0.15) is 40.6 Å². The fourth-order valence-corrected chi connectivity index (χ4v) is 3.40. The van der Waals surface area contributed by atoms with Crippen molar-refractivity contribution < 1.29 is 9.53 Å². The average molecular weight is 392 g/mol. The number of hydrogen-bond acceptors (Lipinski definition) is 6. The molecule has 8 nitrogen and oxygen atoms in total. The Kier molecular flexibility index (Phi) is 5.81. The first-order valence-electron chi connectivity index (χ1n) is 9.79. The zero-order valence-corrected chi connectivity index (χ0v) is 16.3. The van der Waals surface area contributed by atoms with Crippen molar-refractivity contribution in [1.82, 2.24) is 30.6 Å². The molecule has 1 aromatic carbocycles. The van der Waals surface area contributed by atoms with Gasteiger partial charge in [-0.3, -0.25) is 4.79 Å². The molecule has 0 bridgehead atoms. The number of para-hydroxylation sites is 1. The van der Waals surface area contributed by atoms with Crippen LogP contribution in [0.5, 0.6) is 11.6 Å². The molecule has 4 rings (SSSR count). The number of ether oxygens (including phenoxy) is 1. The third-order valence-corrected chi connectivity index (χ3v) is 5.01. The molecule has 0 spiro atoms. The zero-order valence-electron chi connectivity index (χ0n) is 16.3. The van der Waals surface area contributed by atoms with Gasteiger partial charge in [-0.2, -0.15) is 0 Å². The van der Waals surface area contributed by atoms with E-state index in [1.165, 1.54) is 0 Å². The molecule has 0 atom stereocenters. The van der Waals surface area contributed by atoms with Crippen LogP contribution >= 0.6 is 0 Å². The molecule has 0 radical (unpaired) electrons. The van der Waals surface area contributed by atoms with Gasteiger partial charge in [0.2, 0.25) is 5.88 Å². The van der Waals surface area contributed by atoms with E-state index in [0.717, 1.165) is 42.9 Å². The SMILES string of the molecule is Cc1c(C(=O)NCc2ccc(Oc3ccccc3)nc2)nnn1C1CCNCC1. The fraction of sp³-hybridized carbons (Fsp3) is 0.333. The number of pyridine rings is 1. The first kappa shape index (κ1) is 19.1. The number of benzene rings is 1. The van der Waals surface area contributed by atoms with E-state index < -0.39 is 0 Å². The van der Waals surface area contributed by atoms with Crippen LogP contribution in [0.15, 0.2) is 48.7 Å². The van der Waals surface area contributed by atoms with Crippen molar-refractivity contribution in [2.75, 3.05) is 13.1 Å². The van der Waals surface area contributed by atoms with Gasteiger partial charge in [-0.15, -0.1) is 5.10 Å². The number of carbonyl (C=O) groups excluding carboxylic acids is 1. The van der Waals surface area contributed by atoms with Crippen LogP contribution in [0, 0.1) is 6.92 Å². The summed E-state index contributed by atoms with van der Waals surface area (Å²) in [4.78, 5) is 16.9. The van der Waals surface area contributed by atoms with E-state index in [0.29, 0.717) is 24.2 Å². The second-order valence-electron chi connectivity index (χ2n) is 7.05. The van der Waals surface area contributed by atoms with Gasteiger partial charge in [0.15, 0.2) is 5.69 Å². The van der Waals surface area contributed by atoms with E-state index in [9.17, 15) is 4.79 Å². The Morgan fingerprint density at radius 2 is 2.00 bits per heavy atom. The summed E-state index contributed by atoms with van der Waals surface area (Å²) in [5.74, 6) is 1.01. The summed E-state index contributed by atoms with van der Waals surface area (Å²) in [7, 11) is 0. The topological polar surface area (TPSA) is 94.0 Å². The van der Waals surface area contributed by atoms with Gasteiger partial charge < -0.3 is 15.4 Å². The molecular formula is C21H24N6O2. The van der Waals surface area contributed by atoms with Gasteiger partial charge in [0, 0.05) is 18.8 Å². The lowest BCUT2D eigenvalue weighted by atomic mass is 10.1. The molecule has 1 aliphatic rings. The van der Waals surface area contributed by atoms with Gasteiger partial charge >= 0.3 is 0 Å². The van der Waals surface area contributed by atoms with Crippen LogP contribution < -0.4 is 15.4 Å². The normalized spacial score (nSPS) is 14.5. The molecule has 1 amide bonds. The van der Waals surface area contributed by atoms with Crippen LogP contribution in [-0.4, -0.2) is 39.0 Å². The van der Waals surface area contributed by atoms with Crippen molar-refractivity contribution in [3.8, 4) is 11.6 Å². The molecule has 150 valence electrons. The number of piperidine rings is 1. The van der Waals surface area contributed by atoms with E-state index in [1.807, 2.05) is 48.0 Å². The maximum Gasteiger partial charge on any atom is 0.274 e. The minimum atomic E-state index is -0.229. The van der Waals surface area contributed by atoms with Gasteiger partial charge in [0.05, 0.1) is 11.7 Å². The predicted molar refractivity (Wildman–Crippen MR) is 108 cm³/mol. The van der Waals surface area contributed by atoms with E-state index >= 15 is 0 Å². The minimum absolute atomic E-state index is 0.229. The summed E-state index contributed by atoms with van der Waals surface area (Å²) in [5, 5.41) is 14.6. The molecule has 29 heavy (non-hydrogen) atoms. The van der Waals surface area contributed by atoms with Crippen molar-refractivity contribution in [1.29, 1.82) is 0 Å². The van der Waals surface area contributed by atoms with Crippen LogP contribution in [0.25, 0.3) is 0 Å². The lowest BCUT2D eigenvalue weighted by Gasteiger charge is -2.23. The number of carbonyl (C=O) groups is 1. The molecule has 2 aromatic heterocycles. The van der Waals surface area contributed by atoms with E-state index in [1.54, 1.807) is 12.3 Å². The molecule has 8 heteroatoms. The summed E-state index contributed by atoms with van der Waals surface area (Å²) < 4.78 is 7.56. The van der Waals surface area contributed by atoms with E-state index in [4.69, 9.17) is 4.74 Å². The first-order chi connectivity index (χ1) is 14.2. The monoisotopic (exact) mass is 392 g/mol. The number of nitrogens with zero attached hydrogens (tertiary/aromatic N) is 4. The average Bonchev–Trinajstić information content (AvgIpc) is 3.16. The number of nitrogens with one attached hydrogen (secondary N) is 2. The van der Waals surface area contributed by atoms with E-state index in [2.05, 4.69) is 25.9 Å². The highest BCUT2D eigenvalue weighted by Gasteiger charge is 2.22. The molecule has 1 aliphatic heterocycles. The summed E-state index contributed by atoms with van der Waals surface area (Å²) in [6.07, 6.45) is 3.68. The quantitative estimate of drug-likeness (QED) is 0.670. The Bertz CT molecular complexity index is 949. The molecule has 3 heterocycles. The third kappa shape index (κ3) is 4.60. The Balaban J connectivity index is 1.34. The van der Waals surface area contributed by atoms with Crippen molar-refractivity contribution in [2.45, 2.75) is 32.4 Å². The molecule has 1 fully saturated rings. The number of amides is 1. The van der Waals surface area contributed by atoms with E-state index in [-0.39, 0.29) is 5.91 Å². The van der Waals surface area contributed by atoms with Crippen molar-refractivity contribution in [2.24, 2.45) is 0 Å². The largest absolute Gasteiger partial charge is 0.439 e. The Labute approximate surface area is 169 Å². The second-order valence-corrected chi connectivity index (χ2v) is 7.05. The Morgan fingerprint density at radius 1 is 1.21 bits per heavy atom. The van der Waals surface area contributed by atoms with Gasteiger partial charge in [0.25, 0.3) is 5.91 Å². The highest BCUT2D eigenvalue weighted by Crippen LogP contribution is 2.21. The minimum Gasteiger partial charge on any atom is -0.439 e. The molecule has 3 aromatic rings. The molecule has 1 saturated heterocycles. The summed E-state index contributed by atoms with van der Waals surface area (Å²) in [5.41, 5.74) is 2.06. The lowest BCUT2D eigenvalue weighted by molar-refractivity contribution is 0.0945. The number of aromatic nitrogens is 4. The van der Waals surface area contributed by atoms with Crippen LogP contribution in [0.2, 0.25) is 0 Å². The summed E-state index contributed by atoms with van der Waals surface area (Å²) in [6, 6.07) is 13.4. The van der Waals surface area contributed by atoms with Gasteiger partial charge in [0.1, 0.15) is 5.75 Å². The number of rotatable bonds is 6. The van der Waals surface area contributed by atoms with Crippen LogP contribution in [0.4, 0.5) is 0 Å². The fourth-order valence-electron chi connectivity index (χ4n) is 3.40. The first-order valence-corrected chi connectivity index (χ1v) is 9.79. The highest BCUT2D eigenvalue weighted by atomic mass is 16.5. The Hall–Kier alpha value is -3.26. The molecule has 0 unspecified atom stereocenters. The third-order valence-electron chi connectivity index (χ3n) is 5.01. The molecule has 2 N–H and O–H groups in total. The van der Waals surface area contributed by atoms with Crippen molar-refractivity contribution >= 4 is 5.91 Å². The van der Waals surface area contributed by atoms with Gasteiger partial charge in [-0.05, 0) is 50.6 Å². The van der Waals surface area contributed by atoms with Crippen LogP contribution in [-0.2, 0) is 6.54 Å². The smallest absolute Gasteiger partial charge is 0.274 e. The van der Waals surface area contributed by atoms with Crippen LogP contribution in [0.3, 0.4) is 0 Å². The zero-order chi connectivity index (χ0) is 20.1. The highest BCUT2D eigenvalue weighted by molar-refractivity contribution is 5.93. The predicted octanol–water partition coefficient (Wildman–Crippen LogP) is 2.63. The number of hydrogen-bond donors (Lipinski definition) is 2. The second kappa shape index (κ2) is 8.83. The standard InChI is InChI=1S/C21H24N6O2/c1-15-20(25-26-27(15)17-9-11-22-12-10-17)21(28)24-14-16-7-8-19(23-13-16)29-18-5-3-2-4-6-18/h2-8,13,17,22H,9-12,14H2,1H3,(H,24,28). The van der Waals surface area contributed by atoms with Crippen molar-refractivity contribution in [3.63, 3.8) is 0 Å².